The average molecular weight is 388 g/mol. The molecule has 0 atom stereocenters. The van der Waals surface area contributed by atoms with Crippen molar-refractivity contribution in [3.05, 3.63) is 16.7 Å². The second-order valence-corrected chi connectivity index (χ2v) is 7.78. The first-order valence-corrected chi connectivity index (χ1v) is 10.1. The number of amides is 1. The van der Waals surface area contributed by atoms with Crippen molar-refractivity contribution >= 4 is 23.0 Å². The number of nitrogens with one attached hydrogen (secondary N) is 1. The third kappa shape index (κ3) is 3.50. The van der Waals surface area contributed by atoms with E-state index in [0.717, 1.165) is 44.0 Å². The molecule has 28 heavy (non-hydrogen) atoms. The van der Waals surface area contributed by atoms with Crippen molar-refractivity contribution in [1.29, 1.82) is 0 Å². The zero-order chi connectivity index (χ0) is 19.7. The highest BCUT2D eigenvalue weighted by Gasteiger charge is 2.26. The molecule has 1 N–H and O–H groups in total. The van der Waals surface area contributed by atoms with Crippen LogP contribution in [0.1, 0.15) is 44.6 Å². The van der Waals surface area contributed by atoms with Gasteiger partial charge in [-0.15, -0.1) is 0 Å². The largest absolute Gasteiger partial charge is 0.375 e. The number of methoxy groups -OCH3 is 1. The van der Waals surface area contributed by atoms with E-state index in [1.54, 1.807) is 17.8 Å². The van der Waals surface area contributed by atoms with Gasteiger partial charge in [0.25, 0.3) is 0 Å². The highest BCUT2D eigenvalue weighted by Crippen LogP contribution is 2.30. The molecule has 9 heteroatoms. The first kappa shape index (κ1) is 18.9. The predicted molar refractivity (Wildman–Crippen MR) is 105 cm³/mol. The van der Waals surface area contributed by atoms with Crippen molar-refractivity contribution in [1.82, 2.24) is 24.0 Å². The Morgan fingerprint density at radius 3 is 2.64 bits per heavy atom. The molecule has 152 valence electrons. The molecule has 0 spiro atoms. The Bertz CT molecular complexity index is 906. The summed E-state index contributed by atoms with van der Waals surface area (Å²) in [7, 11) is 3.31. The number of fused-ring (bicyclic) bond motifs is 1. The fraction of sp³-hybridized carbons (Fsp3) is 0.684. The fourth-order valence-corrected chi connectivity index (χ4v) is 4.37. The molecule has 1 aliphatic carbocycles. The third-order valence-corrected chi connectivity index (χ3v) is 5.97. The van der Waals surface area contributed by atoms with Crippen molar-refractivity contribution in [2.45, 2.75) is 50.6 Å². The molecule has 1 amide bonds. The molecular weight excluding hydrogens is 360 g/mol. The lowest BCUT2D eigenvalue weighted by Gasteiger charge is -2.32. The summed E-state index contributed by atoms with van der Waals surface area (Å²) < 4.78 is 8.41. The molecule has 3 heterocycles. The van der Waals surface area contributed by atoms with Gasteiger partial charge in [0, 0.05) is 39.3 Å². The first-order valence-electron chi connectivity index (χ1n) is 10.1. The van der Waals surface area contributed by atoms with Gasteiger partial charge in [-0.1, -0.05) is 12.8 Å². The molecule has 2 fully saturated rings. The van der Waals surface area contributed by atoms with Gasteiger partial charge in [-0.05, 0) is 25.7 Å². The summed E-state index contributed by atoms with van der Waals surface area (Å²) in [6.07, 6.45) is 7.77. The monoisotopic (exact) mass is 388 g/mol. The fourth-order valence-electron chi connectivity index (χ4n) is 4.37. The summed E-state index contributed by atoms with van der Waals surface area (Å²) in [5.74, 6) is 0.579. The van der Waals surface area contributed by atoms with Crippen LogP contribution >= 0.6 is 0 Å². The molecule has 1 saturated carbocycles. The zero-order valence-electron chi connectivity index (χ0n) is 16.6. The van der Waals surface area contributed by atoms with Crippen LogP contribution in [0, 0.1) is 0 Å². The molecule has 0 unspecified atom stereocenters. The minimum atomic E-state index is -0.0155. The number of nitrogens with zero attached hydrogens (tertiary/aromatic N) is 5. The first-order chi connectivity index (χ1) is 13.6. The van der Waals surface area contributed by atoms with Crippen molar-refractivity contribution in [3.63, 3.8) is 0 Å². The molecule has 1 aliphatic heterocycles. The Labute approximate surface area is 163 Å². The van der Waals surface area contributed by atoms with Crippen LogP contribution in [0.2, 0.25) is 0 Å². The number of hydrogen-bond donors (Lipinski definition) is 1. The molecule has 2 aliphatic rings. The van der Waals surface area contributed by atoms with Crippen LogP contribution < -0.4 is 11.0 Å². The molecule has 0 aromatic carbocycles. The average Bonchev–Trinajstić information content (AvgIpc) is 3.30. The van der Waals surface area contributed by atoms with Gasteiger partial charge < -0.3 is 15.0 Å². The van der Waals surface area contributed by atoms with E-state index in [1.165, 1.54) is 7.11 Å². The Morgan fingerprint density at radius 2 is 1.96 bits per heavy atom. The van der Waals surface area contributed by atoms with E-state index < -0.39 is 0 Å². The smallest absolute Gasteiger partial charge is 0.330 e. The number of anilines is 1. The second-order valence-electron chi connectivity index (χ2n) is 7.78. The van der Waals surface area contributed by atoms with Gasteiger partial charge in [0.05, 0.1) is 6.20 Å². The van der Waals surface area contributed by atoms with Gasteiger partial charge in [0.1, 0.15) is 12.1 Å². The summed E-state index contributed by atoms with van der Waals surface area (Å²) in [5.41, 5.74) is 1.46. The van der Waals surface area contributed by atoms with E-state index in [0.29, 0.717) is 24.7 Å². The topological polar surface area (TPSA) is 94.3 Å². The Morgan fingerprint density at radius 1 is 1.25 bits per heavy atom. The van der Waals surface area contributed by atoms with E-state index in [-0.39, 0.29) is 30.3 Å². The lowest BCUT2D eigenvalue weighted by atomic mass is 10.1. The molecule has 0 bridgehead atoms. The second kappa shape index (κ2) is 7.90. The molecule has 2 aromatic rings. The number of imidazole rings is 1. The van der Waals surface area contributed by atoms with Crippen LogP contribution in [0.15, 0.2) is 11.0 Å². The number of rotatable bonds is 5. The minimum Gasteiger partial charge on any atom is -0.375 e. The van der Waals surface area contributed by atoms with Crippen LogP contribution in [0.3, 0.4) is 0 Å². The molecule has 9 nitrogen and oxygen atoms in total. The lowest BCUT2D eigenvalue weighted by Crippen LogP contribution is -2.43. The standard InChI is InChI=1S/C19H28N6O3/c1-23-15-11-20-18(21-13-7-9-24(10-8-13)16(26)12-28-2)22-17(15)25(19(23)27)14-5-3-4-6-14/h11,13-14H,3-10,12H2,1-2H3,(H,20,21,22). The van der Waals surface area contributed by atoms with Crippen molar-refractivity contribution in [2.24, 2.45) is 7.05 Å². The zero-order valence-corrected chi connectivity index (χ0v) is 16.6. The Balaban J connectivity index is 1.50. The van der Waals surface area contributed by atoms with Gasteiger partial charge in [-0.2, -0.15) is 4.98 Å². The maximum atomic E-state index is 12.7. The Hall–Kier alpha value is -2.42. The van der Waals surface area contributed by atoms with Crippen LogP contribution in [-0.2, 0) is 16.6 Å². The summed E-state index contributed by atoms with van der Waals surface area (Å²) in [6, 6.07) is 0.438. The quantitative estimate of drug-likeness (QED) is 0.830. The number of hydrogen-bond acceptors (Lipinski definition) is 6. The highest BCUT2D eigenvalue weighted by molar-refractivity contribution is 5.77. The number of carbonyl (C=O) groups excluding carboxylic acids is 1. The van der Waals surface area contributed by atoms with Crippen LogP contribution in [0.25, 0.3) is 11.2 Å². The van der Waals surface area contributed by atoms with Gasteiger partial charge in [0.2, 0.25) is 11.9 Å². The summed E-state index contributed by atoms with van der Waals surface area (Å²) in [4.78, 5) is 35.6. The number of aromatic nitrogens is 4. The van der Waals surface area contributed by atoms with Gasteiger partial charge in [-0.25, -0.2) is 9.78 Å². The van der Waals surface area contributed by atoms with Crippen LogP contribution in [-0.4, -0.2) is 62.8 Å². The molecule has 0 radical (unpaired) electrons. The Kier molecular flexibility index (Phi) is 5.34. The number of likely N-dealkylation sites (tertiary alicyclic amines) is 1. The van der Waals surface area contributed by atoms with E-state index in [2.05, 4.69) is 10.3 Å². The summed E-state index contributed by atoms with van der Waals surface area (Å²) in [5, 5.41) is 3.39. The van der Waals surface area contributed by atoms with Crippen LogP contribution in [0.4, 0.5) is 5.95 Å². The normalized spacial score (nSPS) is 18.9. The van der Waals surface area contributed by atoms with Crippen molar-refractivity contribution in [2.75, 3.05) is 32.1 Å². The third-order valence-electron chi connectivity index (χ3n) is 5.97. The maximum Gasteiger partial charge on any atom is 0.330 e. The van der Waals surface area contributed by atoms with E-state index >= 15 is 0 Å². The maximum absolute atomic E-state index is 12.7. The van der Waals surface area contributed by atoms with Crippen LogP contribution in [0.5, 0.6) is 0 Å². The molecule has 2 aromatic heterocycles. The van der Waals surface area contributed by atoms with Crippen molar-refractivity contribution < 1.29 is 9.53 Å². The van der Waals surface area contributed by atoms with E-state index in [9.17, 15) is 9.59 Å². The molecule has 1 saturated heterocycles. The SMILES string of the molecule is COCC(=O)N1CCC(Nc2ncc3c(n2)n(C2CCCC2)c(=O)n3C)CC1. The van der Waals surface area contributed by atoms with Gasteiger partial charge in [-0.3, -0.25) is 13.9 Å². The summed E-state index contributed by atoms with van der Waals surface area (Å²) >= 11 is 0. The number of ether oxygens (including phenoxy) is 1. The summed E-state index contributed by atoms with van der Waals surface area (Å²) in [6.45, 7) is 1.52. The number of piperidine rings is 1. The minimum absolute atomic E-state index is 0.0155. The number of aryl methyl sites for hydroxylation is 1. The van der Waals surface area contributed by atoms with Gasteiger partial charge >= 0.3 is 5.69 Å². The lowest BCUT2D eigenvalue weighted by molar-refractivity contribution is -0.136. The van der Waals surface area contributed by atoms with E-state index in [1.807, 2.05) is 9.47 Å². The van der Waals surface area contributed by atoms with E-state index in [4.69, 9.17) is 9.72 Å². The van der Waals surface area contributed by atoms with Gasteiger partial charge in [0.15, 0.2) is 5.65 Å². The molecule has 4 rings (SSSR count). The van der Waals surface area contributed by atoms with Crippen molar-refractivity contribution in [3.8, 4) is 0 Å². The molecular formula is C19H28N6O3. The number of carbonyl (C=O) groups is 1. The predicted octanol–water partition coefficient (Wildman–Crippen LogP) is 1.29. The highest BCUT2D eigenvalue weighted by atomic mass is 16.5.